The summed E-state index contributed by atoms with van der Waals surface area (Å²) in [4.78, 5) is 24.6. The average Bonchev–Trinajstić information content (AvgIpc) is 2.52. The van der Waals surface area contributed by atoms with Gasteiger partial charge in [-0.15, -0.1) is 0 Å². The van der Waals surface area contributed by atoms with E-state index in [1.165, 1.54) is 0 Å². The Morgan fingerprint density at radius 3 is 2.41 bits per heavy atom. The number of carboxylic acids is 1. The number of carbonyl (C=O) groups excluding carboxylic acids is 1. The first-order valence-electron chi connectivity index (χ1n) is 5.86. The Labute approximate surface area is 101 Å². The molecule has 0 aromatic heterocycles. The Morgan fingerprint density at radius 2 is 2.00 bits per heavy atom. The van der Waals surface area contributed by atoms with E-state index in [1.54, 1.807) is 4.90 Å². The lowest BCUT2D eigenvalue weighted by Gasteiger charge is -2.40. The maximum Gasteiger partial charge on any atom is 0.410 e. The van der Waals surface area contributed by atoms with Gasteiger partial charge in [-0.25, -0.2) is 4.79 Å². The smallest absolute Gasteiger partial charge is 0.410 e. The molecule has 5 heteroatoms. The maximum absolute atomic E-state index is 11.9. The largest absolute Gasteiger partial charge is 0.481 e. The normalized spacial score (nSPS) is 35.4. The first-order chi connectivity index (χ1) is 7.64. The molecule has 1 amide bonds. The summed E-state index contributed by atoms with van der Waals surface area (Å²) >= 11 is 0. The Kier molecular flexibility index (Phi) is 2.42. The minimum absolute atomic E-state index is 0.188. The molecule has 1 saturated carbocycles. The Morgan fingerprint density at radius 1 is 1.41 bits per heavy atom. The summed E-state index contributed by atoms with van der Waals surface area (Å²) in [7, 11) is 0. The lowest BCUT2D eigenvalue weighted by molar-refractivity contribution is -0.151. The zero-order valence-corrected chi connectivity index (χ0v) is 10.7. The van der Waals surface area contributed by atoms with Gasteiger partial charge in [0.05, 0.1) is 5.92 Å². The van der Waals surface area contributed by atoms with Gasteiger partial charge in [-0.2, -0.15) is 0 Å². The summed E-state index contributed by atoms with van der Waals surface area (Å²) in [5, 5.41) is 9.13. The van der Waals surface area contributed by atoms with Gasteiger partial charge >= 0.3 is 12.1 Å². The lowest BCUT2D eigenvalue weighted by atomic mass is 9.62. The Bertz CT molecular complexity index is 373. The van der Waals surface area contributed by atoms with E-state index in [0.29, 0.717) is 6.54 Å². The standard InChI is InChI=1S/C12H19NO4/c1-11(2,3)17-10(16)13-6-12(4)5-7(13)8(12)9(14)15/h7-8H,5-6H2,1-4H3,(H,14,15)/t7-,8?,12-/m1/s1. The molecule has 17 heavy (non-hydrogen) atoms. The van der Waals surface area contributed by atoms with Gasteiger partial charge in [0.1, 0.15) is 5.60 Å². The van der Waals surface area contributed by atoms with E-state index in [2.05, 4.69) is 0 Å². The molecule has 0 aromatic carbocycles. The predicted molar refractivity (Wildman–Crippen MR) is 60.6 cm³/mol. The number of carbonyl (C=O) groups is 2. The fourth-order valence-corrected chi connectivity index (χ4v) is 2.97. The summed E-state index contributed by atoms with van der Waals surface area (Å²) in [6, 6.07) is -0.188. The first kappa shape index (κ1) is 12.2. The van der Waals surface area contributed by atoms with Gasteiger partial charge in [0.25, 0.3) is 0 Å². The van der Waals surface area contributed by atoms with Crippen LogP contribution in [0.2, 0.25) is 0 Å². The average molecular weight is 241 g/mol. The van der Waals surface area contributed by atoms with Crippen LogP contribution < -0.4 is 0 Å². The van der Waals surface area contributed by atoms with E-state index in [4.69, 9.17) is 9.84 Å². The van der Waals surface area contributed by atoms with Gasteiger partial charge in [0.2, 0.25) is 0 Å². The molecule has 0 radical (unpaired) electrons. The van der Waals surface area contributed by atoms with Crippen molar-refractivity contribution in [3.8, 4) is 0 Å². The fourth-order valence-electron chi connectivity index (χ4n) is 2.97. The van der Waals surface area contributed by atoms with E-state index < -0.39 is 23.6 Å². The Hall–Kier alpha value is -1.26. The molecule has 2 heterocycles. The predicted octanol–water partition coefficient (Wildman–Crippen LogP) is 1.72. The monoisotopic (exact) mass is 241 g/mol. The highest BCUT2D eigenvalue weighted by molar-refractivity contribution is 5.78. The molecule has 3 rings (SSSR count). The zero-order chi connectivity index (χ0) is 13.0. The van der Waals surface area contributed by atoms with Crippen molar-refractivity contribution in [1.29, 1.82) is 0 Å². The highest BCUT2D eigenvalue weighted by Gasteiger charge is 2.65. The van der Waals surface area contributed by atoms with Crippen molar-refractivity contribution in [2.45, 2.75) is 45.8 Å². The van der Waals surface area contributed by atoms with Gasteiger partial charge in [-0.1, -0.05) is 6.92 Å². The van der Waals surface area contributed by atoms with Gasteiger partial charge < -0.3 is 14.7 Å². The third-order valence-corrected chi connectivity index (χ3v) is 3.64. The molecule has 0 aromatic rings. The van der Waals surface area contributed by atoms with Crippen molar-refractivity contribution in [3.05, 3.63) is 0 Å². The molecule has 2 bridgehead atoms. The molecular formula is C12H19NO4. The maximum atomic E-state index is 11.9. The van der Waals surface area contributed by atoms with Crippen LogP contribution in [0.15, 0.2) is 0 Å². The topological polar surface area (TPSA) is 66.8 Å². The van der Waals surface area contributed by atoms with Crippen LogP contribution in [-0.4, -0.2) is 40.3 Å². The molecule has 3 aliphatic rings. The van der Waals surface area contributed by atoms with Crippen LogP contribution in [0.4, 0.5) is 4.79 Å². The summed E-state index contributed by atoms with van der Waals surface area (Å²) in [5.41, 5.74) is -0.808. The molecule has 0 spiro atoms. The van der Waals surface area contributed by atoms with Crippen molar-refractivity contribution in [2.24, 2.45) is 11.3 Å². The zero-order valence-electron chi connectivity index (χ0n) is 10.7. The molecule has 2 aliphatic heterocycles. The van der Waals surface area contributed by atoms with Crippen LogP contribution in [0.25, 0.3) is 0 Å². The number of rotatable bonds is 1. The lowest BCUT2D eigenvalue weighted by Crippen LogP contribution is -2.50. The first-order valence-corrected chi connectivity index (χ1v) is 5.86. The summed E-state index contributed by atoms with van der Waals surface area (Å²) in [5.74, 6) is -1.25. The van der Waals surface area contributed by atoms with Gasteiger partial charge in [-0.05, 0) is 27.2 Å². The molecule has 5 nitrogen and oxygen atoms in total. The molecule has 96 valence electrons. The second-order valence-corrected chi connectivity index (χ2v) is 6.35. The van der Waals surface area contributed by atoms with E-state index in [0.717, 1.165) is 6.42 Å². The van der Waals surface area contributed by atoms with Crippen LogP contribution in [0.3, 0.4) is 0 Å². The van der Waals surface area contributed by atoms with Gasteiger partial charge in [0, 0.05) is 18.0 Å². The molecular weight excluding hydrogens is 222 g/mol. The van der Waals surface area contributed by atoms with Crippen LogP contribution in [0, 0.1) is 11.3 Å². The van der Waals surface area contributed by atoms with Gasteiger partial charge in [0.15, 0.2) is 0 Å². The third-order valence-electron chi connectivity index (χ3n) is 3.64. The molecule has 2 saturated heterocycles. The molecule has 3 atom stereocenters. The van der Waals surface area contributed by atoms with Gasteiger partial charge in [-0.3, -0.25) is 4.79 Å². The molecule has 1 N–H and O–H groups in total. The van der Waals surface area contributed by atoms with Crippen molar-refractivity contribution < 1.29 is 19.4 Å². The van der Waals surface area contributed by atoms with Crippen molar-refractivity contribution >= 4 is 12.1 Å². The van der Waals surface area contributed by atoms with E-state index in [1.807, 2.05) is 27.7 Å². The highest BCUT2D eigenvalue weighted by atomic mass is 16.6. The molecule has 1 aliphatic carbocycles. The second-order valence-electron chi connectivity index (χ2n) is 6.35. The van der Waals surface area contributed by atoms with Crippen LogP contribution in [0.1, 0.15) is 34.1 Å². The van der Waals surface area contributed by atoms with Crippen LogP contribution >= 0.6 is 0 Å². The quantitative estimate of drug-likeness (QED) is 0.759. The number of nitrogens with zero attached hydrogens (tertiary/aromatic N) is 1. The SMILES string of the molecule is CC(C)(C)OC(=O)N1C[C@@]2(C)C[C@@H]1C2C(=O)O. The van der Waals surface area contributed by atoms with E-state index >= 15 is 0 Å². The number of amides is 1. The third kappa shape index (κ3) is 1.87. The summed E-state index contributed by atoms with van der Waals surface area (Å²) in [6.45, 7) is 7.83. The number of ether oxygens (including phenoxy) is 1. The van der Waals surface area contributed by atoms with Crippen molar-refractivity contribution in [3.63, 3.8) is 0 Å². The fraction of sp³-hybridized carbons (Fsp3) is 0.833. The molecule has 3 fully saturated rings. The number of fused-ring (bicyclic) bond motifs is 1. The summed E-state index contributed by atoms with van der Waals surface area (Å²) in [6.07, 6.45) is 0.374. The minimum atomic E-state index is -0.810. The second kappa shape index (κ2) is 3.37. The number of hydrogen-bond acceptors (Lipinski definition) is 3. The summed E-state index contributed by atoms with van der Waals surface area (Å²) < 4.78 is 5.29. The van der Waals surface area contributed by atoms with Crippen LogP contribution in [0.5, 0.6) is 0 Å². The van der Waals surface area contributed by atoms with E-state index in [-0.39, 0.29) is 11.5 Å². The van der Waals surface area contributed by atoms with E-state index in [9.17, 15) is 9.59 Å². The Balaban J connectivity index is 2.07. The highest BCUT2D eigenvalue weighted by Crippen LogP contribution is 2.56. The van der Waals surface area contributed by atoms with Crippen LogP contribution in [-0.2, 0) is 9.53 Å². The van der Waals surface area contributed by atoms with Crippen molar-refractivity contribution in [2.75, 3.05) is 6.54 Å². The number of aliphatic carboxylic acids is 1. The van der Waals surface area contributed by atoms with Crippen molar-refractivity contribution in [1.82, 2.24) is 4.90 Å². The number of carboxylic acid groups (broad SMARTS) is 1. The molecule has 1 unspecified atom stereocenters. The minimum Gasteiger partial charge on any atom is -0.481 e. The number of hydrogen-bond donors (Lipinski definition) is 1.